The third-order valence-electron chi connectivity index (χ3n) is 4.89. The molecule has 0 aliphatic carbocycles. The van der Waals surface area contributed by atoms with Crippen molar-refractivity contribution in [2.24, 2.45) is 5.92 Å². The Morgan fingerprint density at radius 3 is 2.52 bits per heavy atom. The zero-order chi connectivity index (χ0) is 18.6. The number of nitrogens with one attached hydrogen (secondary N) is 2. The lowest BCUT2D eigenvalue weighted by atomic mass is 9.81. The van der Waals surface area contributed by atoms with Crippen molar-refractivity contribution in [3.05, 3.63) is 0 Å². The highest BCUT2D eigenvalue weighted by Crippen LogP contribution is 2.32. The number of carbonyl (C=O) groups excluding carboxylic acids is 3. The van der Waals surface area contributed by atoms with Crippen molar-refractivity contribution in [2.45, 2.75) is 58.2 Å². The molecule has 2 heterocycles. The van der Waals surface area contributed by atoms with E-state index < -0.39 is 23.7 Å². The molecular formula is C18H27N3O4. The van der Waals surface area contributed by atoms with E-state index in [4.69, 9.17) is 4.74 Å². The summed E-state index contributed by atoms with van der Waals surface area (Å²) in [5.41, 5.74) is -0.875. The molecule has 2 amide bonds. The number of esters is 1. The van der Waals surface area contributed by atoms with E-state index in [1.807, 2.05) is 13.8 Å². The summed E-state index contributed by atoms with van der Waals surface area (Å²) in [7, 11) is 0. The minimum atomic E-state index is -0.879. The number of piperidine rings is 1. The van der Waals surface area contributed by atoms with Gasteiger partial charge in [-0.25, -0.2) is 0 Å². The van der Waals surface area contributed by atoms with Crippen LogP contribution in [0.4, 0.5) is 0 Å². The van der Waals surface area contributed by atoms with E-state index in [9.17, 15) is 14.4 Å². The third kappa shape index (κ3) is 3.79. The first-order chi connectivity index (χ1) is 11.8. The molecule has 2 N–H and O–H groups in total. The molecule has 0 unspecified atom stereocenters. The van der Waals surface area contributed by atoms with E-state index >= 15 is 0 Å². The number of nitrogens with zero attached hydrogens (tertiary/aromatic N) is 1. The molecule has 2 saturated heterocycles. The van der Waals surface area contributed by atoms with Gasteiger partial charge < -0.3 is 20.3 Å². The monoisotopic (exact) mass is 349 g/mol. The van der Waals surface area contributed by atoms with Crippen LogP contribution in [0.2, 0.25) is 0 Å². The quantitative estimate of drug-likeness (QED) is 0.553. The van der Waals surface area contributed by atoms with Crippen LogP contribution < -0.4 is 10.6 Å². The molecule has 7 nitrogen and oxygen atoms in total. The summed E-state index contributed by atoms with van der Waals surface area (Å²) in [4.78, 5) is 39.2. The Kier molecular flexibility index (Phi) is 6.07. The second-order valence-electron chi connectivity index (χ2n) is 6.90. The Morgan fingerprint density at radius 1 is 1.36 bits per heavy atom. The molecule has 1 spiro atoms. The Bertz CT molecular complexity index is 599. The maximum atomic E-state index is 13.2. The highest BCUT2D eigenvalue weighted by molar-refractivity contribution is 6.00. The standard InChI is InChI=1S/C18H27N3O4/c1-5-6-11-21-16(23)14(15(12(2)3)25-13(4)22)20-17(24)18(21)7-9-19-10-8-18/h12,14-15,19H,7-11H2,1-4H3,(H,20,24)/t14-,15-/m1/s1. The summed E-state index contributed by atoms with van der Waals surface area (Å²) in [6.45, 7) is 8.26. The van der Waals surface area contributed by atoms with E-state index in [0.717, 1.165) is 0 Å². The number of piperazine rings is 1. The number of amides is 2. The van der Waals surface area contributed by atoms with Crippen molar-refractivity contribution in [3.63, 3.8) is 0 Å². The second-order valence-corrected chi connectivity index (χ2v) is 6.90. The lowest BCUT2D eigenvalue weighted by molar-refractivity contribution is -0.168. The van der Waals surface area contributed by atoms with Crippen molar-refractivity contribution in [1.29, 1.82) is 0 Å². The van der Waals surface area contributed by atoms with Gasteiger partial charge in [0.15, 0.2) is 0 Å². The number of rotatable bonds is 4. The number of hydrogen-bond donors (Lipinski definition) is 2. The number of hydrogen-bond acceptors (Lipinski definition) is 5. The molecule has 2 fully saturated rings. The lowest BCUT2D eigenvalue weighted by Crippen LogP contribution is -2.75. The van der Waals surface area contributed by atoms with Crippen molar-refractivity contribution in [3.8, 4) is 11.8 Å². The molecule has 0 aromatic rings. The van der Waals surface area contributed by atoms with E-state index in [1.165, 1.54) is 6.92 Å². The molecule has 0 bridgehead atoms. The van der Waals surface area contributed by atoms with Crippen LogP contribution >= 0.6 is 0 Å². The zero-order valence-electron chi connectivity index (χ0n) is 15.3. The Labute approximate surface area is 148 Å². The van der Waals surface area contributed by atoms with Gasteiger partial charge in [0, 0.05) is 6.92 Å². The van der Waals surface area contributed by atoms with Crippen molar-refractivity contribution < 1.29 is 19.1 Å². The average molecular weight is 349 g/mol. The average Bonchev–Trinajstić information content (AvgIpc) is 2.57. The molecule has 138 valence electrons. The summed E-state index contributed by atoms with van der Waals surface area (Å²) >= 11 is 0. The third-order valence-corrected chi connectivity index (χ3v) is 4.89. The maximum absolute atomic E-state index is 13.2. The van der Waals surface area contributed by atoms with Crippen LogP contribution in [0.3, 0.4) is 0 Å². The van der Waals surface area contributed by atoms with Crippen molar-refractivity contribution >= 4 is 17.8 Å². The molecule has 2 aliphatic heterocycles. The van der Waals surface area contributed by atoms with Gasteiger partial charge in [-0.2, -0.15) is 0 Å². The highest BCUT2D eigenvalue weighted by atomic mass is 16.5. The Hall–Kier alpha value is -2.07. The van der Waals surface area contributed by atoms with E-state index in [-0.39, 0.29) is 24.3 Å². The summed E-state index contributed by atoms with van der Waals surface area (Å²) in [5.74, 6) is 4.71. The minimum Gasteiger partial charge on any atom is -0.460 e. The predicted molar refractivity (Wildman–Crippen MR) is 92.3 cm³/mol. The van der Waals surface area contributed by atoms with Gasteiger partial charge in [0.05, 0.1) is 6.54 Å². The summed E-state index contributed by atoms with van der Waals surface area (Å²) in [5, 5.41) is 6.06. The van der Waals surface area contributed by atoms with Crippen molar-refractivity contribution in [2.75, 3.05) is 19.6 Å². The van der Waals surface area contributed by atoms with E-state index in [1.54, 1.807) is 11.8 Å². The van der Waals surface area contributed by atoms with Gasteiger partial charge in [-0.05, 0) is 38.8 Å². The van der Waals surface area contributed by atoms with Gasteiger partial charge in [-0.1, -0.05) is 19.8 Å². The summed E-state index contributed by atoms with van der Waals surface area (Å²) in [6, 6.07) is -0.879. The molecule has 0 radical (unpaired) electrons. The van der Waals surface area contributed by atoms with Crippen LogP contribution in [0, 0.1) is 17.8 Å². The first-order valence-electron chi connectivity index (χ1n) is 8.73. The van der Waals surface area contributed by atoms with Crippen LogP contribution in [0.25, 0.3) is 0 Å². The van der Waals surface area contributed by atoms with Gasteiger partial charge >= 0.3 is 5.97 Å². The highest BCUT2D eigenvalue weighted by Gasteiger charge is 2.54. The molecule has 2 atom stereocenters. The van der Waals surface area contributed by atoms with Crippen LogP contribution in [-0.2, 0) is 19.1 Å². The fourth-order valence-electron chi connectivity index (χ4n) is 3.57. The second kappa shape index (κ2) is 7.87. The summed E-state index contributed by atoms with van der Waals surface area (Å²) in [6.07, 6.45) is 0.385. The van der Waals surface area contributed by atoms with Crippen molar-refractivity contribution in [1.82, 2.24) is 15.5 Å². The van der Waals surface area contributed by atoms with Gasteiger partial charge in [0.1, 0.15) is 17.7 Å². The van der Waals surface area contributed by atoms with Gasteiger partial charge in [-0.3, -0.25) is 14.4 Å². The SMILES string of the molecule is CC#CCN1C(=O)[C@@H]([C@H](OC(C)=O)C(C)C)NC(=O)C12CCNCC2. The van der Waals surface area contributed by atoms with Gasteiger partial charge in [0.2, 0.25) is 5.91 Å². The molecular weight excluding hydrogens is 322 g/mol. The van der Waals surface area contributed by atoms with E-state index in [0.29, 0.717) is 25.9 Å². The first kappa shape index (κ1) is 19.3. The smallest absolute Gasteiger partial charge is 0.303 e. The van der Waals surface area contributed by atoms with E-state index in [2.05, 4.69) is 22.5 Å². The minimum absolute atomic E-state index is 0.112. The number of carbonyl (C=O) groups is 3. The Balaban J connectivity index is 2.37. The molecule has 2 rings (SSSR count). The fourth-order valence-corrected chi connectivity index (χ4v) is 3.57. The molecule has 25 heavy (non-hydrogen) atoms. The molecule has 0 aromatic carbocycles. The van der Waals surface area contributed by atoms with Gasteiger partial charge in [-0.15, -0.1) is 5.92 Å². The molecule has 2 aliphatic rings. The molecule has 7 heteroatoms. The maximum Gasteiger partial charge on any atom is 0.303 e. The topological polar surface area (TPSA) is 87.7 Å². The van der Waals surface area contributed by atoms with Crippen LogP contribution in [0.1, 0.15) is 40.5 Å². The molecule has 0 saturated carbocycles. The molecule has 0 aromatic heterocycles. The lowest BCUT2D eigenvalue weighted by Gasteiger charge is -2.50. The summed E-state index contributed by atoms with van der Waals surface area (Å²) < 4.78 is 5.35. The Morgan fingerprint density at radius 2 is 2.00 bits per heavy atom. The normalized spacial score (nSPS) is 23.7. The number of ether oxygens (including phenoxy) is 1. The fraction of sp³-hybridized carbons (Fsp3) is 0.722. The van der Waals surface area contributed by atoms with Crippen LogP contribution in [0.5, 0.6) is 0 Å². The zero-order valence-corrected chi connectivity index (χ0v) is 15.3. The first-order valence-corrected chi connectivity index (χ1v) is 8.73. The van der Waals surface area contributed by atoms with Gasteiger partial charge in [0.25, 0.3) is 5.91 Å². The van der Waals surface area contributed by atoms with Crippen LogP contribution in [0.15, 0.2) is 0 Å². The van der Waals surface area contributed by atoms with Crippen LogP contribution in [-0.4, -0.2) is 60.0 Å². The predicted octanol–water partition coefficient (Wildman–Crippen LogP) is 0.0466. The largest absolute Gasteiger partial charge is 0.460 e.